The first-order chi connectivity index (χ1) is 38.0. The molecule has 5 aromatic rings. The van der Waals surface area contributed by atoms with Gasteiger partial charge >= 0.3 is 0 Å². The van der Waals surface area contributed by atoms with Crippen LogP contribution < -0.4 is 32.1 Å². The van der Waals surface area contributed by atoms with Crippen molar-refractivity contribution in [2.45, 2.75) is 26.8 Å². The number of pyridine rings is 2. The molecule has 0 saturated carbocycles. The maximum Gasteiger partial charge on any atom is 0.287 e. The summed E-state index contributed by atoms with van der Waals surface area (Å²) >= 11 is 0. The molecule has 0 bridgehead atoms. The van der Waals surface area contributed by atoms with Crippen molar-refractivity contribution in [2.75, 3.05) is 151 Å². The second kappa shape index (κ2) is 36.5. The number of fused-ring (bicyclic) bond motifs is 1. The van der Waals surface area contributed by atoms with Crippen molar-refractivity contribution in [1.82, 2.24) is 50.9 Å². The summed E-state index contributed by atoms with van der Waals surface area (Å²) in [5.41, 5.74) is 12.1. The molecule has 0 fully saturated rings. The molecule has 3 amide bonds. The van der Waals surface area contributed by atoms with E-state index >= 15 is 0 Å². The maximum absolute atomic E-state index is 12.9. The number of benzene rings is 1. The topological polar surface area (TPSA) is 290 Å². The number of rotatable bonds is 42. The van der Waals surface area contributed by atoms with Crippen LogP contribution >= 0.6 is 0 Å². The lowest BCUT2D eigenvalue weighted by Crippen LogP contribution is -2.40. The molecule has 426 valence electrons. The normalized spacial score (nSPS) is 11.7. The molecular formula is C54H78N12O12. The molecule has 0 saturated heterocycles. The number of hydrogen-bond donors (Lipinski definition) is 8. The molecule has 0 atom stereocenters. The van der Waals surface area contributed by atoms with Crippen molar-refractivity contribution >= 4 is 45.9 Å². The van der Waals surface area contributed by atoms with Crippen LogP contribution in [0.25, 0.3) is 27.7 Å². The molecule has 4 heterocycles. The fraction of sp³-hybridized carbons (Fsp3) is 0.500. The monoisotopic (exact) mass is 1090 g/mol. The highest BCUT2D eigenvalue weighted by Gasteiger charge is 2.18. The molecule has 24 heteroatoms. The minimum Gasteiger partial charge on any atom is -0.512 e. The van der Waals surface area contributed by atoms with Crippen molar-refractivity contribution in [1.29, 1.82) is 5.41 Å². The first kappa shape index (κ1) is 62.3. The van der Waals surface area contributed by atoms with E-state index in [0.29, 0.717) is 174 Å². The first-order valence-corrected chi connectivity index (χ1v) is 26.1. The lowest BCUT2D eigenvalue weighted by atomic mass is 10.0. The number of nitrogens with zero attached hydrogens (tertiary/aromatic N) is 5. The molecule has 0 aliphatic heterocycles. The third kappa shape index (κ3) is 22.8. The summed E-state index contributed by atoms with van der Waals surface area (Å²) in [6.07, 6.45) is 7.35. The number of allylic oxidation sites excluding steroid dienone is 2. The molecule has 24 nitrogen and oxygen atoms in total. The molecule has 0 unspecified atom stereocenters. The predicted molar refractivity (Wildman–Crippen MR) is 295 cm³/mol. The van der Waals surface area contributed by atoms with E-state index in [-0.39, 0.29) is 35.0 Å². The van der Waals surface area contributed by atoms with E-state index in [1.165, 1.54) is 0 Å². The van der Waals surface area contributed by atoms with E-state index in [0.717, 1.165) is 27.9 Å². The Bertz CT molecular complexity index is 2590. The highest BCUT2D eigenvalue weighted by Crippen LogP contribution is 2.32. The van der Waals surface area contributed by atoms with Gasteiger partial charge in [-0.2, -0.15) is 0 Å². The lowest BCUT2D eigenvalue weighted by Gasteiger charge is -2.10. The Hall–Kier alpha value is -6.55. The number of carbonyl (C=O) groups excluding carboxylic acids is 3. The fourth-order valence-corrected chi connectivity index (χ4v) is 7.59. The zero-order valence-electron chi connectivity index (χ0n) is 45.4. The summed E-state index contributed by atoms with van der Waals surface area (Å²) in [6, 6.07) is 15.1. The molecule has 0 aliphatic carbocycles. The van der Waals surface area contributed by atoms with Gasteiger partial charge in [0.25, 0.3) is 11.8 Å². The molecule has 1 aromatic carbocycles. The van der Waals surface area contributed by atoms with E-state index in [4.69, 9.17) is 48.3 Å². The molecule has 8 N–H and O–H groups in total. The Morgan fingerprint density at radius 1 is 0.641 bits per heavy atom. The quantitative estimate of drug-likeness (QED) is 0.0121. The molecule has 4 aromatic heterocycles. The van der Waals surface area contributed by atoms with Gasteiger partial charge in [0, 0.05) is 99.0 Å². The minimum atomic E-state index is -0.338. The van der Waals surface area contributed by atoms with Gasteiger partial charge in [0.05, 0.1) is 135 Å². The number of hydrazine groups is 1. The van der Waals surface area contributed by atoms with Crippen LogP contribution in [-0.4, -0.2) is 198 Å². The van der Waals surface area contributed by atoms with Gasteiger partial charge in [-0.25, -0.2) is 4.98 Å². The van der Waals surface area contributed by atoms with Gasteiger partial charge in [0.1, 0.15) is 0 Å². The zero-order valence-corrected chi connectivity index (χ0v) is 45.4. The van der Waals surface area contributed by atoms with Gasteiger partial charge in [-0.05, 0) is 56.8 Å². The summed E-state index contributed by atoms with van der Waals surface area (Å²) in [4.78, 5) is 50.8. The van der Waals surface area contributed by atoms with E-state index in [1.807, 2.05) is 42.6 Å². The number of imidazole rings is 1. The smallest absolute Gasteiger partial charge is 0.287 e. The van der Waals surface area contributed by atoms with Crippen molar-refractivity contribution < 1.29 is 57.4 Å². The van der Waals surface area contributed by atoms with Crippen LogP contribution in [0.5, 0.6) is 0 Å². The molecule has 0 aliphatic rings. The summed E-state index contributed by atoms with van der Waals surface area (Å²) < 4.78 is 48.1. The Balaban J connectivity index is 0.767. The number of anilines is 1. The molecule has 78 heavy (non-hydrogen) atoms. The average Bonchev–Trinajstić information content (AvgIpc) is 4.04. The van der Waals surface area contributed by atoms with Gasteiger partial charge in [-0.1, -0.05) is 18.2 Å². The van der Waals surface area contributed by atoms with Crippen LogP contribution in [0.1, 0.15) is 52.5 Å². The molecule has 0 spiro atoms. The van der Waals surface area contributed by atoms with Crippen LogP contribution in [0, 0.1) is 5.41 Å². The van der Waals surface area contributed by atoms with Crippen LogP contribution in [-0.2, 0) is 56.3 Å². The number of aryl methyl sites for hydroxylation is 1. The number of carbonyl (C=O) groups is 3. The van der Waals surface area contributed by atoms with Crippen LogP contribution in [0.4, 0.5) is 5.82 Å². The van der Waals surface area contributed by atoms with Gasteiger partial charge < -0.3 is 78.8 Å². The highest BCUT2D eigenvalue weighted by molar-refractivity contribution is 6.22. The Morgan fingerprint density at radius 3 is 1.76 bits per heavy atom. The highest BCUT2D eigenvalue weighted by atomic mass is 16.6. The van der Waals surface area contributed by atoms with Crippen molar-refractivity contribution in [3.05, 3.63) is 102 Å². The van der Waals surface area contributed by atoms with Crippen molar-refractivity contribution in [3.63, 3.8) is 0 Å². The first-order valence-electron chi connectivity index (χ1n) is 26.1. The second-order valence-corrected chi connectivity index (χ2v) is 17.5. The van der Waals surface area contributed by atoms with E-state index in [1.54, 1.807) is 63.2 Å². The molecule has 5 rings (SSSR count). The number of aliphatic hydroxyl groups excluding tert-OH is 1. The third-order valence-corrected chi connectivity index (χ3v) is 11.4. The Labute approximate surface area is 455 Å². The van der Waals surface area contributed by atoms with Gasteiger partial charge in [-0.3, -0.25) is 35.2 Å². The standard InChI is InChI=1S/C54H78N12O12/c1-40(55)50(41(2)67)44-35-47-51(60-36-44)46(38-66(47)37-45-7-5-6-13-57-45)42-8-10-43(11-9-42)53(69)59-17-19-71-21-23-73-25-27-75-29-31-77-33-34-78-32-30-76-28-26-74-24-22-72-20-18-62-61-16-15-58-54(70)52-64-48(39-65(52)4)63-49(68)12-14-56-3/h5-11,13,35-36,38-39,55-56,61-62,67H,12,14-34,37H2,1-4H3,(H,58,70)(H,59,69)(H,63,68)/b50-41+,55-40?. The number of aliphatic hydroxyl groups is 1. The summed E-state index contributed by atoms with van der Waals surface area (Å²) in [6.45, 7) is 13.0. The molecular weight excluding hydrogens is 1010 g/mol. The van der Waals surface area contributed by atoms with E-state index in [2.05, 4.69) is 46.7 Å². The number of amides is 3. The number of nitrogens with one attached hydrogen (secondary N) is 7. The summed E-state index contributed by atoms with van der Waals surface area (Å²) in [7, 11) is 3.46. The van der Waals surface area contributed by atoms with E-state index < -0.39 is 0 Å². The van der Waals surface area contributed by atoms with Crippen LogP contribution in [0.2, 0.25) is 0 Å². The zero-order chi connectivity index (χ0) is 55.6. The SMILES string of the molecule is CNCCC(=O)Nc1cn(C)c(C(=O)NCCNNCCOCCOCCOCCOCCOCCOCCOCCOCCNC(=O)c2ccc(-c3cn(Cc4ccccn4)c4cc(/C(C(C)=N)=C(\C)O)cnc34)cc2)n1. The van der Waals surface area contributed by atoms with Gasteiger partial charge in [0.15, 0.2) is 5.82 Å². The summed E-state index contributed by atoms with van der Waals surface area (Å²) in [5.74, 6) is -0.132. The maximum atomic E-state index is 12.9. The van der Waals surface area contributed by atoms with E-state index in [9.17, 15) is 19.5 Å². The number of ether oxygens (including phenoxy) is 8. The van der Waals surface area contributed by atoms with Crippen molar-refractivity contribution in [2.24, 2.45) is 7.05 Å². The second-order valence-electron chi connectivity index (χ2n) is 17.5. The molecule has 0 radical (unpaired) electrons. The number of aromatic nitrogens is 5. The Kier molecular flexibility index (Phi) is 29.2. The van der Waals surface area contributed by atoms with Crippen LogP contribution in [0.15, 0.2) is 79.1 Å². The lowest BCUT2D eigenvalue weighted by molar-refractivity contribution is -0.116. The summed E-state index contributed by atoms with van der Waals surface area (Å²) in [5, 5.41) is 29.8. The predicted octanol–water partition coefficient (Wildman–Crippen LogP) is 3.14. The third-order valence-electron chi connectivity index (χ3n) is 11.4. The van der Waals surface area contributed by atoms with Gasteiger partial charge in [-0.15, -0.1) is 0 Å². The fourth-order valence-electron chi connectivity index (χ4n) is 7.59. The Morgan fingerprint density at radius 2 is 1.21 bits per heavy atom. The van der Waals surface area contributed by atoms with Gasteiger partial charge in [0.2, 0.25) is 11.7 Å². The van der Waals surface area contributed by atoms with Crippen LogP contribution in [0.3, 0.4) is 0 Å². The minimum absolute atomic E-state index is 0.0539. The average molecular weight is 1090 g/mol. The largest absolute Gasteiger partial charge is 0.512 e. The number of hydrogen-bond acceptors (Lipinski definition) is 19. The van der Waals surface area contributed by atoms with Crippen molar-refractivity contribution in [3.8, 4) is 11.1 Å².